The average Bonchev–Trinajstić information content (AvgIpc) is 2.77. The van der Waals surface area contributed by atoms with Gasteiger partial charge in [0, 0.05) is 38.1 Å². The van der Waals surface area contributed by atoms with Gasteiger partial charge in [-0.15, -0.1) is 0 Å². The van der Waals surface area contributed by atoms with Crippen LogP contribution < -0.4 is 21.1 Å². The van der Waals surface area contributed by atoms with E-state index in [1.54, 1.807) is 17.3 Å². The molecular weight excluding hydrogens is 394 g/mol. The van der Waals surface area contributed by atoms with E-state index in [1.807, 2.05) is 13.8 Å². The van der Waals surface area contributed by atoms with Crippen LogP contribution in [-0.2, 0) is 0 Å². The van der Waals surface area contributed by atoms with E-state index < -0.39 is 0 Å². The van der Waals surface area contributed by atoms with E-state index >= 15 is 0 Å². The molecule has 1 aromatic rings. The maximum atomic E-state index is 12.2. The molecule has 1 atom stereocenters. The number of carbonyl (C=O) groups is 1. The van der Waals surface area contributed by atoms with Gasteiger partial charge in [0.25, 0.3) is 0 Å². The highest BCUT2D eigenvalue weighted by Gasteiger charge is 2.23. The molecule has 9 nitrogen and oxygen atoms in total. The van der Waals surface area contributed by atoms with Crippen molar-refractivity contribution in [3.8, 4) is 5.75 Å². The number of rotatable bonds is 7. The van der Waals surface area contributed by atoms with Crippen LogP contribution in [0.15, 0.2) is 17.4 Å². The molecule has 1 unspecified atom stereocenters. The molecule has 2 aliphatic rings. The van der Waals surface area contributed by atoms with Crippen molar-refractivity contribution in [2.75, 3.05) is 37.7 Å². The number of hydrogen-bond acceptors (Lipinski definition) is 6. The Morgan fingerprint density at radius 1 is 1.23 bits per heavy atom. The molecule has 9 heteroatoms. The van der Waals surface area contributed by atoms with E-state index in [1.165, 1.54) is 0 Å². The third-order valence-electron chi connectivity index (χ3n) is 6.08. The highest BCUT2D eigenvalue weighted by molar-refractivity contribution is 5.93. The molecule has 1 aromatic heterocycles. The predicted molar refractivity (Wildman–Crippen MR) is 122 cm³/mol. The van der Waals surface area contributed by atoms with Crippen LogP contribution in [0.3, 0.4) is 0 Å². The summed E-state index contributed by atoms with van der Waals surface area (Å²) in [5.41, 5.74) is 11.8. The summed E-state index contributed by atoms with van der Waals surface area (Å²) in [7, 11) is 0. The molecule has 2 fully saturated rings. The number of amides is 2. The summed E-state index contributed by atoms with van der Waals surface area (Å²) in [4.78, 5) is 29.0. The molecule has 3 rings (SSSR count). The fourth-order valence-corrected chi connectivity index (χ4v) is 4.02. The van der Waals surface area contributed by atoms with E-state index in [0.717, 1.165) is 70.7 Å². The topological polar surface area (TPSA) is 123 Å². The lowest BCUT2D eigenvalue weighted by molar-refractivity contribution is 0.172. The zero-order chi connectivity index (χ0) is 22.2. The zero-order valence-electron chi connectivity index (χ0n) is 18.9. The number of urea groups is 1. The Morgan fingerprint density at radius 3 is 2.58 bits per heavy atom. The number of piperidine rings is 2. The summed E-state index contributed by atoms with van der Waals surface area (Å²) in [5, 5.41) is 0. The van der Waals surface area contributed by atoms with E-state index in [2.05, 4.69) is 19.9 Å². The molecule has 0 spiro atoms. The largest absolute Gasteiger partial charge is 0.490 e. The molecule has 0 bridgehead atoms. The number of nitrogens with zero attached hydrogens (tertiary/aromatic N) is 5. The van der Waals surface area contributed by atoms with Crippen LogP contribution in [0.2, 0.25) is 0 Å². The van der Waals surface area contributed by atoms with Gasteiger partial charge in [-0.25, -0.2) is 14.8 Å². The van der Waals surface area contributed by atoms with Gasteiger partial charge in [-0.05, 0) is 44.4 Å². The first-order chi connectivity index (χ1) is 14.9. The first kappa shape index (κ1) is 23.2. The number of amidine groups is 1. The smallest absolute Gasteiger partial charge is 0.345 e. The van der Waals surface area contributed by atoms with Crippen LogP contribution in [-0.4, -0.2) is 65.6 Å². The van der Waals surface area contributed by atoms with Crippen molar-refractivity contribution in [1.29, 1.82) is 0 Å². The minimum Gasteiger partial charge on any atom is -0.490 e. The second-order valence-corrected chi connectivity index (χ2v) is 8.96. The number of hydrogen-bond donors (Lipinski definition) is 2. The Morgan fingerprint density at radius 2 is 1.94 bits per heavy atom. The maximum Gasteiger partial charge on any atom is 0.345 e. The minimum atomic E-state index is -0.206. The Kier molecular flexibility index (Phi) is 8.45. The van der Waals surface area contributed by atoms with Crippen LogP contribution in [0, 0.1) is 11.8 Å². The second-order valence-electron chi connectivity index (χ2n) is 8.96. The van der Waals surface area contributed by atoms with Crippen molar-refractivity contribution in [2.45, 2.75) is 58.4 Å². The lowest BCUT2D eigenvalue weighted by Gasteiger charge is -2.31. The van der Waals surface area contributed by atoms with E-state index in [-0.39, 0.29) is 18.0 Å². The predicted octanol–water partition coefficient (Wildman–Crippen LogP) is 2.41. The summed E-state index contributed by atoms with van der Waals surface area (Å²) in [6.45, 7) is 7.77. The quantitative estimate of drug-likeness (QED) is 0.386. The van der Waals surface area contributed by atoms with Crippen molar-refractivity contribution in [3.63, 3.8) is 0 Å². The number of aromatic nitrogens is 2. The van der Waals surface area contributed by atoms with Crippen molar-refractivity contribution in [1.82, 2.24) is 14.9 Å². The fourth-order valence-electron chi connectivity index (χ4n) is 4.02. The molecule has 0 aliphatic carbocycles. The van der Waals surface area contributed by atoms with Crippen molar-refractivity contribution in [2.24, 2.45) is 28.3 Å². The summed E-state index contributed by atoms with van der Waals surface area (Å²) in [6.07, 6.45) is 9.69. The van der Waals surface area contributed by atoms with Crippen LogP contribution in [0.25, 0.3) is 0 Å². The first-order valence-corrected chi connectivity index (χ1v) is 11.5. The Balaban J connectivity index is 1.33. The lowest BCUT2D eigenvalue weighted by atomic mass is 9.92. The first-order valence-electron chi connectivity index (χ1n) is 11.5. The van der Waals surface area contributed by atoms with Crippen LogP contribution in [0.4, 0.5) is 10.7 Å². The van der Waals surface area contributed by atoms with Crippen molar-refractivity contribution in [3.05, 3.63) is 12.4 Å². The van der Waals surface area contributed by atoms with Gasteiger partial charge in [0.05, 0.1) is 19.0 Å². The second kappa shape index (κ2) is 11.3. The van der Waals surface area contributed by atoms with Gasteiger partial charge < -0.3 is 26.0 Å². The Bertz CT molecular complexity index is 730. The number of likely N-dealkylation sites (tertiary alicyclic amines) is 1. The zero-order valence-corrected chi connectivity index (χ0v) is 18.9. The molecule has 0 radical (unpaired) electrons. The fraction of sp³-hybridized carbons (Fsp3) is 0.727. The van der Waals surface area contributed by atoms with Crippen molar-refractivity contribution >= 4 is 17.8 Å². The van der Waals surface area contributed by atoms with E-state index in [0.29, 0.717) is 24.1 Å². The van der Waals surface area contributed by atoms with Crippen LogP contribution in [0.1, 0.15) is 52.4 Å². The molecule has 2 aliphatic heterocycles. The maximum absolute atomic E-state index is 12.2. The monoisotopic (exact) mass is 431 g/mol. The highest BCUT2D eigenvalue weighted by Crippen LogP contribution is 2.23. The van der Waals surface area contributed by atoms with Crippen molar-refractivity contribution < 1.29 is 9.53 Å². The molecule has 3 heterocycles. The van der Waals surface area contributed by atoms with Gasteiger partial charge in [0.15, 0.2) is 5.75 Å². The number of anilines is 1. The third kappa shape index (κ3) is 7.05. The summed E-state index contributed by atoms with van der Waals surface area (Å²) in [5.74, 6) is 2.53. The average molecular weight is 432 g/mol. The SMILES string of the molecule is CC(C)/C(N)=N/C(=O)N1CCC(CCCOc2cnc(N3CCCC(N)C3)nc2)CC1. The molecule has 0 aromatic carbocycles. The lowest BCUT2D eigenvalue weighted by Crippen LogP contribution is -2.43. The number of carbonyl (C=O) groups excluding carboxylic acids is 1. The number of nitrogens with two attached hydrogens (primary N) is 2. The third-order valence-corrected chi connectivity index (χ3v) is 6.08. The summed E-state index contributed by atoms with van der Waals surface area (Å²) >= 11 is 0. The molecule has 0 saturated carbocycles. The van der Waals surface area contributed by atoms with Gasteiger partial charge in [-0.3, -0.25) is 0 Å². The molecule has 2 saturated heterocycles. The normalized spacial score (nSPS) is 20.9. The summed E-state index contributed by atoms with van der Waals surface area (Å²) < 4.78 is 5.82. The number of aliphatic imine (C=N–C) groups is 1. The van der Waals surface area contributed by atoms with E-state index in [4.69, 9.17) is 16.2 Å². The highest BCUT2D eigenvalue weighted by atomic mass is 16.5. The molecule has 4 N–H and O–H groups in total. The molecular formula is C22H37N7O2. The standard InChI is InChI=1S/C22H37N7O2/c1-16(2)20(24)27-22(30)28-10-7-17(8-11-28)5-4-12-31-19-13-25-21(26-14-19)29-9-3-6-18(23)15-29/h13-14,16-18H,3-12,15,23H2,1-2H3,(H2,24,27,30). The summed E-state index contributed by atoms with van der Waals surface area (Å²) in [6, 6.07) is -0.00729. The van der Waals surface area contributed by atoms with Gasteiger partial charge >= 0.3 is 6.03 Å². The van der Waals surface area contributed by atoms with Gasteiger partial charge in [-0.1, -0.05) is 13.8 Å². The molecule has 2 amide bonds. The Hall–Kier alpha value is -2.42. The minimum absolute atomic E-state index is 0.0890. The van der Waals surface area contributed by atoms with E-state index in [9.17, 15) is 4.79 Å². The van der Waals surface area contributed by atoms with Gasteiger partial charge in [0.2, 0.25) is 5.95 Å². The van der Waals surface area contributed by atoms with Crippen LogP contribution >= 0.6 is 0 Å². The van der Waals surface area contributed by atoms with Gasteiger partial charge in [-0.2, -0.15) is 4.99 Å². The van der Waals surface area contributed by atoms with Gasteiger partial charge in [0.1, 0.15) is 5.84 Å². The Labute approximate surface area is 185 Å². The molecule has 31 heavy (non-hydrogen) atoms. The molecule has 172 valence electrons. The van der Waals surface area contributed by atoms with Crippen LogP contribution in [0.5, 0.6) is 5.75 Å². The number of ether oxygens (including phenoxy) is 1.